The molecule has 2 N–H and O–H groups in total. The minimum atomic E-state index is -0.390. The summed E-state index contributed by atoms with van der Waals surface area (Å²) in [6.45, 7) is 0. The number of phenols is 1. The molecule has 2 aromatic rings. The first-order chi connectivity index (χ1) is 11.6. The standard InChI is InChI=1S/C17H18N2O5/c1-22-14-8-11(9-15(23-2)16(14)24-3)10-18-19-17(21)12-4-6-13(20)7-5-12/h4-10,20H,1-3H3,(H,19,21). The summed E-state index contributed by atoms with van der Waals surface area (Å²) in [6.07, 6.45) is 1.46. The quantitative estimate of drug-likeness (QED) is 0.626. The van der Waals surface area contributed by atoms with Crippen LogP contribution in [0.15, 0.2) is 41.5 Å². The fourth-order valence-electron chi connectivity index (χ4n) is 2.02. The van der Waals surface area contributed by atoms with Crippen LogP contribution in [-0.4, -0.2) is 38.6 Å². The second-order valence-corrected chi connectivity index (χ2v) is 4.70. The number of phenolic OH excluding ortho intramolecular Hbond substituents is 1. The van der Waals surface area contributed by atoms with E-state index in [-0.39, 0.29) is 5.75 Å². The molecule has 0 aliphatic carbocycles. The summed E-state index contributed by atoms with van der Waals surface area (Å²) in [4.78, 5) is 11.9. The summed E-state index contributed by atoms with van der Waals surface area (Å²) in [5.74, 6) is 1.16. The van der Waals surface area contributed by atoms with Crippen molar-refractivity contribution in [3.63, 3.8) is 0 Å². The van der Waals surface area contributed by atoms with Crippen LogP contribution in [0.2, 0.25) is 0 Å². The van der Waals surface area contributed by atoms with Crippen molar-refractivity contribution >= 4 is 12.1 Å². The first-order valence-electron chi connectivity index (χ1n) is 7.01. The Morgan fingerprint density at radius 2 is 1.62 bits per heavy atom. The molecule has 7 nitrogen and oxygen atoms in total. The summed E-state index contributed by atoms with van der Waals surface area (Å²) in [5.41, 5.74) is 3.45. The second kappa shape index (κ2) is 7.87. The van der Waals surface area contributed by atoms with E-state index < -0.39 is 5.91 Å². The van der Waals surface area contributed by atoms with Crippen LogP contribution in [0.3, 0.4) is 0 Å². The Kier molecular flexibility index (Phi) is 5.62. The van der Waals surface area contributed by atoms with Crippen molar-refractivity contribution in [2.75, 3.05) is 21.3 Å². The predicted octanol–water partition coefficient (Wildman–Crippen LogP) is 2.18. The molecule has 0 bridgehead atoms. The van der Waals surface area contributed by atoms with Crippen LogP contribution in [0.5, 0.6) is 23.0 Å². The van der Waals surface area contributed by atoms with Gasteiger partial charge in [-0.1, -0.05) is 0 Å². The molecule has 2 rings (SSSR count). The van der Waals surface area contributed by atoms with Crippen LogP contribution in [0.25, 0.3) is 0 Å². The Balaban J connectivity index is 2.14. The summed E-state index contributed by atoms with van der Waals surface area (Å²) in [6, 6.07) is 9.27. The Morgan fingerprint density at radius 3 is 2.12 bits per heavy atom. The van der Waals surface area contributed by atoms with Crippen LogP contribution in [-0.2, 0) is 0 Å². The van der Waals surface area contributed by atoms with E-state index in [1.165, 1.54) is 51.8 Å². The normalized spacial score (nSPS) is 10.5. The van der Waals surface area contributed by atoms with Gasteiger partial charge < -0.3 is 19.3 Å². The van der Waals surface area contributed by atoms with Crippen molar-refractivity contribution in [1.29, 1.82) is 0 Å². The molecule has 0 aromatic heterocycles. The SMILES string of the molecule is COc1cc(C=NNC(=O)c2ccc(O)cc2)cc(OC)c1OC. The molecule has 0 fully saturated rings. The lowest BCUT2D eigenvalue weighted by Gasteiger charge is -2.12. The first kappa shape index (κ1) is 17.1. The van der Waals surface area contributed by atoms with Gasteiger partial charge in [0.1, 0.15) is 5.75 Å². The number of rotatable bonds is 6. The van der Waals surface area contributed by atoms with Gasteiger partial charge in [-0.3, -0.25) is 4.79 Å². The maximum atomic E-state index is 11.9. The van der Waals surface area contributed by atoms with Crippen LogP contribution in [0, 0.1) is 0 Å². The zero-order valence-electron chi connectivity index (χ0n) is 13.6. The van der Waals surface area contributed by atoms with Crippen molar-refractivity contribution in [3.05, 3.63) is 47.5 Å². The lowest BCUT2D eigenvalue weighted by molar-refractivity contribution is 0.0955. The minimum absolute atomic E-state index is 0.0903. The number of benzene rings is 2. The monoisotopic (exact) mass is 330 g/mol. The Bertz CT molecular complexity index is 716. The molecule has 0 heterocycles. The maximum absolute atomic E-state index is 11.9. The van der Waals surface area contributed by atoms with E-state index >= 15 is 0 Å². The molecule has 0 saturated carbocycles. The number of ether oxygens (including phenoxy) is 3. The summed E-state index contributed by atoms with van der Waals surface area (Å²) in [5, 5.41) is 13.1. The third kappa shape index (κ3) is 3.95. The van der Waals surface area contributed by atoms with Gasteiger partial charge in [0.2, 0.25) is 5.75 Å². The molecule has 0 aliphatic heterocycles. The van der Waals surface area contributed by atoms with Crippen LogP contribution >= 0.6 is 0 Å². The van der Waals surface area contributed by atoms with E-state index in [1.807, 2.05) is 0 Å². The fourth-order valence-corrected chi connectivity index (χ4v) is 2.02. The van der Waals surface area contributed by atoms with Gasteiger partial charge in [-0.25, -0.2) is 5.43 Å². The topological polar surface area (TPSA) is 89.4 Å². The first-order valence-corrected chi connectivity index (χ1v) is 7.01. The molecule has 0 aliphatic rings. The molecule has 24 heavy (non-hydrogen) atoms. The highest BCUT2D eigenvalue weighted by Crippen LogP contribution is 2.37. The average molecular weight is 330 g/mol. The Morgan fingerprint density at radius 1 is 1.04 bits per heavy atom. The number of methoxy groups -OCH3 is 3. The van der Waals surface area contributed by atoms with E-state index in [0.717, 1.165) is 0 Å². The highest BCUT2D eigenvalue weighted by molar-refractivity contribution is 5.95. The van der Waals surface area contributed by atoms with Gasteiger partial charge in [0.15, 0.2) is 11.5 Å². The van der Waals surface area contributed by atoms with E-state index in [2.05, 4.69) is 10.5 Å². The molecule has 7 heteroatoms. The van der Waals surface area contributed by atoms with Gasteiger partial charge in [-0.05, 0) is 36.4 Å². The third-order valence-electron chi connectivity index (χ3n) is 3.20. The summed E-state index contributed by atoms with van der Waals surface area (Å²) < 4.78 is 15.7. The number of hydrazone groups is 1. The molecule has 0 unspecified atom stereocenters. The predicted molar refractivity (Wildman–Crippen MR) is 89.3 cm³/mol. The number of aromatic hydroxyl groups is 1. The molecular weight excluding hydrogens is 312 g/mol. The molecule has 0 atom stereocenters. The van der Waals surface area contributed by atoms with Gasteiger partial charge >= 0.3 is 0 Å². The maximum Gasteiger partial charge on any atom is 0.271 e. The van der Waals surface area contributed by atoms with Gasteiger partial charge in [0.25, 0.3) is 5.91 Å². The summed E-state index contributed by atoms with van der Waals surface area (Å²) in [7, 11) is 4.56. The van der Waals surface area contributed by atoms with Crippen molar-refractivity contribution in [2.24, 2.45) is 5.10 Å². The van der Waals surface area contributed by atoms with Gasteiger partial charge in [-0.15, -0.1) is 0 Å². The molecule has 2 aromatic carbocycles. The molecule has 0 radical (unpaired) electrons. The van der Waals surface area contributed by atoms with Crippen molar-refractivity contribution in [1.82, 2.24) is 5.43 Å². The van der Waals surface area contributed by atoms with Gasteiger partial charge in [-0.2, -0.15) is 5.10 Å². The third-order valence-corrected chi connectivity index (χ3v) is 3.20. The van der Waals surface area contributed by atoms with Crippen molar-refractivity contribution in [3.8, 4) is 23.0 Å². The molecular formula is C17H18N2O5. The zero-order valence-corrected chi connectivity index (χ0v) is 13.6. The fraction of sp³-hybridized carbons (Fsp3) is 0.176. The number of amides is 1. The van der Waals surface area contributed by atoms with Crippen LogP contribution < -0.4 is 19.6 Å². The van der Waals surface area contributed by atoms with Gasteiger partial charge in [0, 0.05) is 11.1 Å². The minimum Gasteiger partial charge on any atom is -0.508 e. The lowest BCUT2D eigenvalue weighted by atomic mass is 10.2. The highest BCUT2D eigenvalue weighted by atomic mass is 16.5. The number of nitrogens with zero attached hydrogens (tertiary/aromatic N) is 1. The van der Waals surface area contributed by atoms with E-state index in [4.69, 9.17) is 14.2 Å². The lowest BCUT2D eigenvalue weighted by Crippen LogP contribution is -2.17. The average Bonchev–Trinajstić information content (AvgIpc) is 2.61. The largest absolute Gasteiger partial charge is 0.508 e. The number of hydrogen-bond donors (Lipinski definition) is 2. The Hall–Kier alpha value is -3.22. The number of nitrogens with one attached hydrogen (secondary N) is 1. The molecule has 0 saturated heterocycles. The van der Waals surface area contributed by atoms with E-state index in [0.29, 0.717) is 28.4 Å². The van der Waals surface area contributed by atoms with E-state index in [9.17, 15) is 9.90 Å². The molecule has 126 valence electrons. The van der Waals surface area contributed by atoms with E-state index in [1.54, 1.807) is 12.1 Å². The number of carbonyl (C=O) groups is 1. The zero-order chi connectivity index (χ0) is 17.5. The molecule has 0 spiro atoms. The number of hydrogen-bond acceptors (Lipinski definition) is 6. The highest BCUT2D eigenvalue weighted by Gasteiger charge is 2.12. The smallest absolute Gasteiger partial charge is 0.271 e. The number of carbonyl (C=O) groups excluding carboxylic acids is 1. The molecule has 1 amide bonds. The summed E-state index contributed by atoms with van der Waals surface area (Å²) >= 11 is 0. The van der Waals surface area contributed by atoms with Crippen molar-refractivity contribution < 1.29 is 24.1 Å². The van der Waals surface area contributed by atoms with Gasteiger partial charge in [0.05, 0.1) is 27.5 Å². The Labute approximate surface area is 139 Å². The van der Waals surface area contributed by atoms with Crippen molar-refractivity contribution in [2.45, 2.75) is 0 Å². The van der Waals surface area contributed by atoms with Crippen LogP contribution in [0.1, 0.15) is 15.9 Å². The van der Waals surface area contributed by atoms with Crippen LogP contribution in [0.4, 0.5) is 0 Å². The second-order valence-electron chi connectivity index (χ2n) is 4.70.